The molecule has 1 aromatic carbocycles. The van der Waals surface area contributed by atoms with E-state index in [0.717, 1.165) is 6.07 Å². The molecular formula is C7H10N2O4S. The summed E-state index contributed by atoms with van der Waals surface area (Å²) in [4.78, 5) is -0.450. The minimum Gasteiger partial charge on any atom is -0.494 e. The number of nitrogens with two attached hydrogens (primary N) is 2. The average Bonchev–Trinajstić information content (AvgIpc) is 2.06. The summed E-state index contributed by atoms with van der Waals surface area (Å²) >= 11 is 0. The van der Waals surface area contributed by atoms with Crippen LogP contribution < -0.4 is 16.2 Å². The second kappa shape index (κ2) is 3.35. The zero-order chi connectivity index (χ0) is 10.9. The monoisotopic (exact) mass is 218 g/mol. The van der Waals surface area contributed by atoms with Crippen LogP contribution >= 0.6 is 0 Å². The first-order valence-electron chi connectivity index (χ1n) is 3.56. The lowest BCUT2D eigenvalue weighted by Crippen LogP contribution is -2.06. The molecule has 0 atom stereocenters. The fourth-order valence-electron chi connectivity index (χ4n) is 1.00. The topological polar surface area (TPSA) is 116 Å². The largest absolute Gasteiger partial charge is 0.494 e. The maximum absolute atomic E-state index is 10.8. The van der Waals surface area contributed by atoms with Gasteiger partial charge in [0.2, 0.25) is 0 Å². The molecular weight excluding hydrogens is 208 g/mol. The molecule has 0 heterocycles. The summed E-state index contributed by atoms with van der Waals surface area (Å²) in [6.45, 7) is 0. The van der Waals surface area contributed by atoms with Crippen molar-refractivity contribution in [3.8, 4) is 5.75 Å². The first-order chi connectivity index (χ1) is 6.36. The zero-order valence-electron chi connectivity index (χ0n) is 7.39. The van der Waals surface area contributed by atoms with Crippen LogP contribution in [0.5, 0.6) is 5.75 Å². The van der Waals surface area contributed by atoms with Gasteiger partial charge in [-0.25, -0.2) is 0 Å². The molecule has 0 spiro atoms. The molecule has 0 aliphatic heterocycles. The number of ether oxygens (including phenoxy) is 1. The summed E-state index contributed by atoms with van der Waals surface area (Å²) in [5, 5.41) is 0. The van der Waals surface area contributed by atoms with Gasteiger partial charge >= 0.3 is 0 Å². The Labute approximate surface area is 81.2 Å². The molecule has 6 nitrogen and oxygen atoms in total. The third-order valence-electron chi connectivity index (χ3n) is 1.62. The number of hydrogen-bond acceptors (Lipinski definition) is 5. The minimum absolute atomic E-state index is 0.109. The van der Waals surface area contributed by atoms with Crippen LogP contribution in [0.1, 0.15) is 0 Å². The van der Waals surface area contributed by atoms with E-state index < -0.39 is 15.0 Å². The molecule has 5 N–H and O–H groups in total. The van der Waals surface area contributed by atoms with Gasteiger partial charge in [-0.1, -0.05) is 0 Å². The standard InChI is InChI=1S/C7H10N2O4S/c1-13-5-2-4(8)3-6(7(5)9)14(10,11)12/h2-3H,8-9H2,1H3,(H,10,11,12). The lowest BCUT2D eigenvalue weighted by atomic mass is 10.2. The Kier molecular flexibility index (Phi) is 2.54. The van der Waals surface area contributed by atoms with Gasteiger partial charge in [-0.15, -0.1) is 0 Å². The van der Waals surface area contributed by atoms with Gasteiger partial charge in [-0.05, 0) is 6.07 Å². The molecule has 0 saturated heterocycles. The van der Waals surface area contributed by atoms with Crippen LogP contribution in [0.2, 0.25) is 0 Å². The van der Waals surface area contributed by atoms with E-state index in [1.54, 1.807) is 0 Å². The first-order valence-corrected chi connectivity index (χ1v) is 5.00. The van der Waals surface area contributed by atoms with Crippen molar-refractivity contribution in [1.82, 2.24) is 0 Å². The van der Waals surface area contributed by atoms with Gasteiger partial charge in [0.15, 0.2) is 0 Å². The van der Waals surface area contributed by atoms with Crippen molar-refractivity contribution in [1.29, 1.82) is 0 Å². The third kappa shape index (κ3) is 1.88. The van der Waals surface area contributed by atoms with E-state index >= 15 is 0 Å². The molecule has 0 bridgehead atoms. The molecule has 0 amide bonds. The van der Waals surface area contributed by atoms with Crippen molar-refractivity contribution >= 4 is 21.5 Å². The normalized spacial score (nSPS) is 11.3. The van der Waals surface area contributed by atoms with Crippen LogP contribution in [-0.2, 0) is 10.1 Å². The van der Waals surface area contributed by atoms with Crippen molar-refractivity contribution < 1.29 is 17.7 Å². The Morgan fingerprint density at radius 3 is 2.36 bits per heavy atom. The maximum Gasteiger partial charge on any atom is 0.296 e. The SMILES string of the molecule is COc1cc(N)cc(S(=O)(=O)O)c1N. The van der Waals surface area contributed by atoms with Crippen LogP contribution in [0, 0.1) is 0 Å². The van der Waals surface area contributed by atoms with Crippen LogP contribution in [-0.4, -0.2) is 20.1 Å². The van der Waals surface area contributed by atoms with E-state index in [0.29, 0.717) is 0 Å². The maximum atomic E-state index is 10.8. The van der Waals surface area contributed by atoms with Crippen LogP contribution in [0.4, 0.5) is 11.4 Å². The summed E-state index contributed by atoms with van der Waals surface area (Å²) in [5.41, 5.74) is 10.8. The summed E-state index contributed by atoms with van der Waals surface area (Å²) in [6, 6.07) is 2.43. The van der Waals surface area contributed by atoms with Gasteiger partial charge in [-0.3, -0.25) is 4.55 Å². The van der Waals surface area contributed by atoms with E-state index in [9.17, 15) is 8.42 Å². The molecule has 14 heavy (non-hydrogen) atoms. The number of anilines is 2. The van der Waals surface area contributed by atoms with Crippen LogP contribution in [0.25, 0.3) is 0 Å². The Hall–Kier alpha value is -1.47. The zero-order valence-corrected chi connectivity index (χ0v) is 8.21. The fourth-order valence-corrected chi connectivity index (χ4v) is 1.67. The molecule has 1 rings (SSSR count). The number of hydrogen-bond donors (Lipinski definition) is 3. The first kappa shape index (κ1) is 10.6. The quantitative estimate of drug-likeness (QED) is 0.479. The van der Waals surface area contributed by atoms with Gasteiger partial charge < -0.3 is 16.2 Å². The molecule has 1 aromatic rings. The molecule has 0 saturated carbocycles. The average molecular weight is 218 g/mol. The van der Waals surface area contributed by atoms with Crippen molar-refractivity contribution in [3.05, 3.63) is 12.1 Å². The van der Waals surface area contributed by atoms with E-state index in [1.165, 1.54) is 13.2 Å². The van der Waals surface area contributed by atoms with Gasteiger partial charge in [-0.2, -0.15) is 8.42 Å². The molecule has 0 radical (unpaired) electrons. The van der Waals surface area contributed by atoms with Gasteiger partial charge in [0, 0.05) is 11.8 Å². The Balaban J connectivity index is 3.53. The minimum atomic E-state index is -4.37. The predicted octanol–water partition coefficient (Wildman–Crippen LogP) is 0.106. The fraction of sp³-hybridized carbons (Fsp3) is 0.143. The smallest absolute Gasteiger partial charge is 0.296 e. The van der Waals surface area contributed by atoms with Crippen LogP contribution in [0.15, 0.2) is 17.0 Å². The van der Waals surface area contributed by atoms with E-state index in [-0.39, 0.29) is 17.1 Å². The van der Waals surface area contributed by atoms with Crippen molar-refractivity contribution in [2.24, 2.45) is 0 Å². The lowest BCUT2D eigenvalue weighted by molar-refractivity contribution is 0.415. The number of rotatable bonds is 2. The number of methoxy groups -OCH3 is 1. The summed E-state index contributed by atoms with van der Waals surface area (Å²) in [5.74, 6) is 0.109. The van der Waals surface area contributed by atoms with E-state index in [1.807, 2.05) is 0 Å². The molecule has 0 aliphatic carbocycles. The highest BCUT2D eigenvalue weighted by Crippen LogP contribution is 2.31. The van der Waals surface area contributed by atoms with E-state index in [4.69, 9.17) is 20.8 Å². The molecule has 0 unspecified atom stereocenters. The number of benzene rings is 1. The molecule has 78 valence electrons. The van der Waals surface area contributed by atoms with Crippen molar-refractivity contribution in [2.75, 3.05) is 18.6 Å². The highest BCUT2D eigenvalue weighted by atomic mass is 32.2. The Morgan fingerprint density at radius 1 is 1.36 bits per heavy atom. The third-order valence-corrected chi connectivity index (χ3v) is 2.52. The van der Waals surface area contributed by atoms with E-state index in [2.05, 4.69) is 0 Å². The Bertz CT molecular complexity index is 455. The molecule has 0 aromatic heterocycles. The summed E-state index contributed by atoms with van der Waals surface area (Å²) in [7, 11) is -3.06. The summed E-state index contributed by atoms with van der Waals surface area (Å²) < 4.78 is 35.3. The second-order valence-corrected chi connectivity index (χ2v) is 4.00. The van der Waals surface area contributed by atoms with Crippen LogP contribution in [0.3, 0.4) is 0 Å². The molecule has 0 aliphatic rings. The summed E-state index contributed by atoms with van der Waals surface area (Å²) in [6.07, 6.45) is 0. The van der Waals surface area contributed by atoms with Gasteiger partial charge in [0.05, 0.1) is 12.8 Å². The molecule has 7 heteroatoms. The highest BCUT2D eigenvalue weighted by Gasteiger charge is 2.17. The lowest BCUT2D eigenvalue weighted by Gasteiger charge is -2.08. The second-order valence-electron chi connectivity index (χ2n) is 2.61. The number of nitrogen functional groups attached to an aromatic ring is 2. The van der Waals surface area contributed by atoms with Crippen molar-refractivity contribution in [2.45, 2.75) is 4.90 Å². The van der Waals surface area contributed by atoms with Gasteiger partial charge in [0.25, 0.3) is 10.1 Å². The highest BCUT2D eigenvalue weighted by molar-refractivity contribution is 7.86. The Morgan fingerprint density at radius 2 is 1.93 bits per heavy atom. The predicted molar refractivity (Wildman–Crippen MR) is 51.6 cm³/mol. The van der Waals surface area contributed by atoms with Crippen molar-refractivity contribution in [3.63, 3.8) is 0 Å². The molecule has 0 fully saturated rings. The van der Waals surface area contributed by atoms with Gasteiger partial charge in [0.1, 0.15) is 10.6 Å².